The highest BCUT2D eigenvalue weighted by Crippen LogP contribution is 2.28. The van der Waals surface area contributed by atoms with Crippen LogP contribution < -0.4 is 10.1 Å². The second-order valence-corrected chi connectivity index (χ2v) is 8.26. The Kier molecular flexibility index (Phi) is 6.94. The molecule has 3 heteroatoms. The predicted octanol–water partition coefficient (Wildman–Crippen LogP) is 6.02. The number of ether oxygens (including phenoxy) is 1. The lowest BCUT2D eigenvalue weighted by Crippen LogP contribution is -2.33. The Hall–Kier alpha value is -3.07. The number of aryl methyl sites for hydroxylation is 3. The molecular formula is C27H31NO2. The fourth-order valence-electron chi connectivity index (χ4n) is 3.73. The molecule has 0 spiro atoms. The first kappa shape index (κ1) is 21.6. The monoisotopic (exact) mass is 401 g/mol. The Morgan fingerprint density at radius 3 is 2.13 bits per heavy atom. The van der Waals surface area contributed by atoms with Crippen LogP contribution in [0.5, 0.6) is 5.75 Å². The van der Waals surface area contributed by atoms with Gasteiger partial charge in [0.25, 0.3) is 5.91 Å². The Morgan fingerprint density at radius 2 is 1.50 bits per heavy atom. The summed E-state index contributed by atoms with van der Waals surface area (Å²) in [6, 6.07) is 22.3. The summed E-state index contributed by atoms with van der Waals surface area (Å²) in [6.45, 7) is 10.4. The Bertz CT molecular complexity index is 1010. The van der Waals surface area contributed by atoms with Crippen molar-refractivity contribution in [3.8, 4) is 5.75 Å². The number of nitrogens with one attached hydrogen (secondary N) is 1. The minimum absolute atomic E-state index is 0.0165. The van der Waals surface area contributed by atoms with Gasteiger partial charge in [-0.15, -0.1) is 0 Å². The van der Waals surface area contributed by atoms with Crippen molar-refractivity contribution in [2.75, 3.05) is 6.61 Å². The predicted molar refractivity (Wildman–Crippen MR) is 123 cm³/mol. The largest absolute Gasteiger partial charge is 0.483 e. The number of rotatable bonds is 7. The van der Waals surface area contributed by atoms with Gasteiger partial charge in [0.15, 0.2) is 6.61 Å². The van der Waals surface area contributed by atoms with Gasteiger partial charge >= 0.3 is 0 Å². The van der Waals surface area contributed by atoms with Crippen molar-refractivity contribution < 1.29 is 9.53 Å². The maximum atomic E-state index is 12.9. The van der Waals surface area contributed by atoms with Crippen LogP contribution in [0.1, 0.15) is 59.2 Å². The van der Waals surface area contributed by atoms with Crippen LogP contribution in [0, 0.1) is 20.8 Å². The molecule has 156 valence electrons. The van der Waals surface area contributed by atoms with Crippen molar-refractivity contribution in [3.63, 3.8) is 0 Å². The molecule has 0 saturated heterocycles. The molecule has 0 aliphatic heterocycles. The van der Waals surface area contributed by atoms with Crippen LogP contribution in [-0.4, -0.2) is 12.5 Å². The average molecular weight is 402 g/mol. The highest BCUT2D eigenvalue weighted by atomic mass is 16.5. The van der Waals surface area contributed by atoms with E-state index in [2.05, 4.69) is 63.3 Å². The van der Waals surface area contributed by atoms with Crippen LogP contribution in [0.25, 0.3) is 0 Å². The summed E-state index contributed by atoms with van der Waals surface area (Å²) in [4.78, 5) is 12.9. The fraction of sp³-hybridized carbons (Fsp3) is 0.296. The van der Waals surface area contributed by atoms with Gasteiger partial charge in [0, 0.05) is 0 Å². The van der Waals surface area contributed by atoms with Gasteiger partial charge in [-0.05, 0) is 60.6 Å². The van der Waals surface area contributed by atoms with Crippen molar-refractivity contribution in [2.24, 2.45) is 0 Å². The van der Waals surface area contributed by atoms with Gasteiger partial charge in [-0.25, -0.2) is 0 Å². The first-order chi connectivity index (χ1) is 14.3. The molecule has 0 radical (unpaired) electrons. The maximum absolute atomic E-state index is 12.9. The van der Waals surface area contributed by atoms with Crippen LogP contribution in [0.15, 0.2) is 66.7 Å². The van der Waals surface area contributed by atoms with Crippen molar-refractivity contribution in [1.82, 2.24) is 5.32 Å². The lowest BCUT2D eigenvalue weighted by molar-refractivity contribution is -0.123. The standard InChI is InChI=1S/C27H31NO2/c1-18(2)23-13-11-20(4)16-25(23)30-17-26(29)28-27(22-9-7-6-8-10-22)24-14-12-19(3)15-21(24)5/h6-16,18,27H,17H2,1-5H3,(H,28,29)/t27-/m0/s1. The summed E-state index contributed by atoms with van der Waals surface area (Å²) < 4.78 is 5.95. The third-order valence-corrected chi connectivity index (χ3v) is 5.32. The second kappa shape index (κ2) is 9.62. The van der Waals surface area contributed by atoms with E-state index in [9.17, 15) is 4.79 Å². The van der Waals surface area contributed by atoms with E-state index in [0.717, 1.165) is 33.6 Å². The van der Waals surface area contributed by atoms with Gasteiger partial charge in [0.1, 0.15) is 5.75 Å². The zero-order chi connectivity index (χ0) is 21.7. The smallest absolute Gasteiger partial charge is 0.258 e. The lowest BCUT2D eigenvalue weighted by Gasteiger charge is -2.22. The van der Waals surface area contributed by atoms with E-state index in [-0.39, 0.29) is 18.6 Å². The van der Waals surface area contributed by atoms with Gasteiger partial charge in [0.2, 0.25) is 0 Å². The number of hydrogen-bond donors (Lipinski definition) is 1. The van der Waals surface area contributed by atoms with Crippen LogP contribution in [0.3, 0.4) is 0 Å². The molecule has 0 aliphatic carbocycles. The van der Waals surface area contributed by atoms with Gasteiger partial charge in [-0.1, -0.05) is 80.1 Å². The summed E-state index contributed by atoms with van der Waals surface area (Å²) in [5.74, 6) is 0.971. The average Bonchev–Trinajstić information content (AvgIpc) is 2.71. The number of hydrogen-bond acceptors (Lipinski definition) is 2. The number of carbonyl (C=O) groups excluding carboxylic acids is 1. The van der Waals surface area contributed by atoms with Gasteiger partial charge in [0.05, 0.1) is 6.04 Å². The molecule has 0 aromatic heterocycles. The van der Waals surface area contributed by atoms with Crippen molar-refractivity contribution in [3.05, 3.63) is 100 Å². The SMILES string of the molecule is Cc1ccc([C@@H](NC(=O)COc2cc(C)ccc2C(C)C)c2ccccc2)c(C)c1. The zero-order valence-corrected chi connectivity index (χ0v) is 18.5. The van der Waals surface area contributed by atoms with Crippen LogP contribution in [0.2, 0.25) is 0 Å². The molecule has 3 aromatic carbocycles. The van der Waals surface area contributed by atoms with Crippen LogP contribution >= 0.6 is 0 Å². The van der Waals surface area contributed by atoms with Gasteiger partial charge < -0.3 is 10.1 Å². The maximum Gasteiger partial charge on any atom is 0.258 e. The van der Waals surface area contributed by atoms with E-state index in [1.165, 1.54) is 5.56 Å². The first-order valence-corrected chi connectivity index (χ1v) is 10.5. The van der Waals surface area contributed by atoms with Crippen LogP contribution in [-0.2, 0) is 4.79 Å². The molecule has 0 saturated carbocycles. The highest BCUT2D eigenvalue weighted by Gasteiger charge is 2.19. The summed E-state index contributed by atoms with van der Waals surface area (Å²) in [7, 11) is 0. The zero-order valence-electron chi connectivity index (χ0n) is 18.5. The number of benzene rings is 3. The second-order valence-electron chi connectivity index (χ2n) is 8.26. The third-order valence-electron chi connectivity index (χ3n) is 5.32. The molecule has 0 heterocycles. The Labute approximate surface area is 180 Å². The molecule has 3 rings (SSSR count). The Morgan fingerprint density at radius 1 is 0.867 bits per heavy atom. The van der Waals surface area contributed by atoms with E-state index in [4.69, 9.17) is 4.74 Å². The van der Waals surface area contributed by atoms with Crippen LogP contribution in [0.4, 0.5) is 0 Å². The van der Waals surface area contributed by atoms with Crippen molar-refractivity contribution in [2.45, 2.75) is 46.6 Å². The van der Waals surface area contributed by atoms with Crippen molar-refractivity contribution in [1.29, 1.82) is 0 Å². The Balaban J connectivity index is 1.80. The molecule has 1 amide bonds. The molecule has 1 N–H and O–H groups in total. The first-order valence-electron chi connectivity index (χ1n) is 10.5. The molecule has 0 fully saturated rings. The lowest BCUT2D eigenvalue weighted by atomic mass is 9.94. The summed E-state index contributed by atoms with van der Waals surface area (Å²) in [5.41, 5.74) is 6.74. The molecule has 30 heavy (non-hydrogen) atoms. The normalized spacial score (nSPS) is 11.9. The molecule has 0 aliphatic rings. The van der Waals surface area contributed by atoms with E-state index in [1.54, 1.807) is 0 Å². The minimum Gasteiger partial charge on any atom is -0.483 e. The summed E-state index contributed by atoms with van der Waals surface area (Å²) in [5, 5.41) is 3.18. The molecule has 3 nitrogen and oxygen atoms in total. The molecule has 3 aromatic rings. The molecular weight excluding hydrogens is 370 g/mol. The quantitative estimate of drug-likeness (QED) is 0.526. The van der Waals surface area contributed by atoms with E-state index in [0.29, 0.717) is 5.92 Å². The van der Waals surface area contributed by atoms with E-state index < -0.39 is 0 Å². The van der Waals surface area contributed by atoms with Gasteiger partial charge in [-0.3, -0.25) is 4.79 Å². The molecule has 1 atom stereocenters. The highest BCUT2D eigenvalue weighted by molar-refractivity contribution is 5.78. The fourth-order valence-corrected chi connectivity index (χ4v) is 3.73. The van der Waals surface area contributed by atoms with Crippen molar-refractivity contribution >= 4 is 5.91 Å². The van der Waals surface area contributed by atoms with E-state index in [1.807, 2.05) is 43.3 Å². The minimum atomic E-state index is -0.218. The number of amides is 1. The summed E-state index contributed by atoms with van der Waals surface area (Å²) >= 11 is 0. The molecule has 0 bridgehead atoms. The van der Waals surface area contributed by atoms with Gasteiger partial charge in [-0.2, -0.15) is 0 Å². The topological polar surface area (TPSA) is 38.3 Å². The summed E-state index contributed by atoms with van der Waals surface area (Å²) in [6.07, 6.45) is 0. The van der Waals surface area contributed by atoms with E-state index >= 15 is 0 Å². The third kappa shape index (κ3) is 5.29. The molecule has 0 unspecified atom stereocenters. The number of carbonyl (C=O) groups is 1.